The van der Waals surface area contributed by atoms with Crippen molar-refractivity contribution >= 4 is 5.91 Å². The molecular formula is C21H24N4O2. The van der Waals surface area contributed by atoms with Crippen molar-refractivity contribution in [3.05, 3.63) is 86.6 Å². The first-order valence-electron chi connectivity index (χ1n) is 8.99. The molecule has 3 aromatic rings. The number of rotatable bonds is 6. The lowest BCUT2D eigenvalue weighted by atomic mass is 10.1. The van der Waals surface area contributed by atoms with Gasteiger partial charge in [0.15, 0.2) is 0 Å². The molecule has 0 atom stereocenters. The molecule has 0 unspecified atom stereocenters. The first-order chi connectivity index (χ1) is 13.0. The predicted octanol–water partition coefficient (Wildman–Crippen LogP) is 2.67. The van der Waals surface area contributed by atoms with E-state index < -0.39 is 0 Å². The van der Waals surface area contributed by atoms with E-state index in [2.05, 4.69) is 27.5 Å². The molecule has 6 nitrogen and oxygen atoms in total. The van der Waals surface area contributed by atoms with Crippen molar-refractivity contribution in [3.8, 4) is 0 Å². The van der Waals surface area contributed by atoms with E-state index in [1.165, 1.54) is 5.56 Å². The third kappa shape index (κ3) is 4.34. The van der Waals surface area contributed by atoms with Crippen LogP contribution in [0.3, 0.4) is 0 Å². The molecule has 0 saturated carbocycles. The standard InChI is InChI=1S/C21H24N4O2/c1-14-11-15(2)24-21(27)18(14)12-22-20(26)19-13-23-25(16(19)3)10-9-17-7-5-4-6-8-17/h4-8,11,13H,9-10,12H2,1-3H3,(H,22,26)(H,24,27). The number of nitrogens with one attached hydrogen (secondary N) is 2. The fraction of sp³-hybridized carbons (Fsp3) is 0.286. The van der Waals surface area contributed by atoms with Crippen molar-refractivity contribution in [2.24, 2.45) is 0 Å². The normalized spacial score (nSPS) is 10.8. The lowest BCUT2D eigenvalue weighted by molar-refractivity contribution is 0.0950. The Bertz CT molecular complexity index is 1000. The molecule has 1 amide bonds. The van der Waals surface area contributed by atoms with E-state index in [-0.39, 0.29) is 18.0 Å². The number of aromatic nitrogens is 3. The smallest absolute Gasteiger partial charge is 0.255 e. The van der Waals surface area contributed by atoms with Crippen LogP contribution in [0.2, 0.25) is 0 Å². The molecule has 0 aliphatic carbocycles. The first kappa shape index (κ1) is 18.6. The number of pyridine rings is 1. The summed E-state index contributed by atoms with van der Waals surface area (Å²) < 4.78 is 1.84. The Balaban J connectivity index is 1.66. The van der Waals surface area contributed by atoms with Gasteiger partial charge in [-0.15, -0.1) is 0 Å². The highest BCUT2D eigenvalue weighted by molar-refractivity contribution is 5.95. The van der Waals surface area contributed by atoms with Gasteiger partial charge in [-0.1, -0.05) is 30.3 Å². The van der Waals surface area contributed by atoms with E-state index in [1.54, 1.807) is 6.20 Å². The minimum atomic E-state index is -0.224. The maximum absolute atomic E-state index is 12.5. The van der Waals surface area contributed by atoms with Crippen molar-refractivity contribution in [2.45, 2.75) is 40.3 Å². The highest BCUT2D eigenvalue weighted by atomic mass is 16.2. The fourth-order valence-electron chi connectivity index (χ4n) is 3.14. The van der Waals surface area contributed by atoms with E-state index in [0.29, 0.717) is 17.7 Å². The molecule has 6 heteroatoms. The van der Waals surface area contributed by atoms with E-state index >= 15 is 0 Å². The molecule has 2 N–H and O–H groups in total. The number of amides is 1. The minimum Gasteiger partial charge on any atom is -0.348 e. The van der Waals surface area contributed by atoms with E-state index in [4.69, 9.17) is 0 Å². The summed E-state index contributed by atoms with van der Waals surface area (Å²) in [5.41, 5.74) is 4.66. The van der Waals surface area contributed by atoms with Gasteiger partial charge in [0, 0.05) is 30.0 Å². The lowest BCUT2D eigenvalue weighted by Gasteiger charge is -2.09. The predicted molar refractivity (Wildman–Crippen MR) is 105 cm³/mol. The number of aromatic amines is 1. The average Bonchev–Trinajstić information content (AvgIpc) is 3.00. The number of benzene rings is 1. The molecule has 27 heavy (non-hydrogen) atoms. The zero-order chi connectivity index (χ0) is 19.4. The maximum Gasteiger partial charge on any atom is 0.255 e. The van der Waals surface area contributed by atoms with Crippen LogP contribution in [0.25, 0.3) is 0 Å². The molecule has 0 aliphatic rings. The van der Waals surface area contributed by atoms with Crippen molar-refractivity contribution in [3.63, 3.8) is 0 Å². The Morgan fingerprint density at radius 1 is 1.19 bits per heavy atom. The van der Waals surface area contributed by atoms with Gasteiger partial charge in [0.25, 0.3) is 11.5 Å². The van der Waals surface area contributed by atoms with Gasteiger partial charge in [-0.25, -0.2) is 0 Å². The van der Waals surface area contributed by atoms with Crippen molar-refractivity contribution in [1.82, 2.24) is 20.1 Å². The molecule has 140 valence electrons. The Kier molecular flexibility index (Phi) is 5.54. The van der Waals surface area contributed by atoms with Crippen LogP contribution < -0.4 is 10.9 Å². The van der Waals surface area contributed by atoms with E-state index in [9.17, 15) is 9.59 Å². The Hall–Kier alpha value is -3.15. The molecule has 2 aromatic heterocycles. The number of carbonyl (C=O) groups excluding carboxylic acids is 1. The number of nitrogens with zero attached hydrogens (tertiary/aromatic N) is 2. The van der Waals surface area contributed by atoms with Gasteiger partial charge in [-0.2, -0.15) is 5.10 Å². The van der Waals surface area contributed by atoms with Crippen LogP contribution in [0.5, 0.6) is 0 Å². The molecule has 0 radical (unpaired) electrons. The van der Waals surface area contributed by atoms with Gasteiger partial charge in [0.1, 0.15) is 0 Å². The SMILES string of the molecule is Cc1cc(C)c(CNC(=O)c2cnn(CCc3ccccc3)c2C)c(=O)[nH]1. The largest absolute Gasteiger partial charge is 0.348 e. The molecule has 0 saturated heterocycles. The highest BCUT2D eigenvalue weighted by Gasteiger charge is 2.15. The topological polar surface area (TPSA) is 79.8 Å². The summed E-state index contributed by atoms with van der Waals surface area (Å²) in [5.74, 6) is -0.224. The van der Waals surface area contributed by atoms with Crippen molar-refractivity contribution < 1.29 is 4.79 Å². The van der Waals surface area contributed by atoms with Gasteiger partial charge in [-0.05, 0) is 44.4 Å². The number of H-pyrrole nitrogens is 1. The summed E-state index contributed by atoms with van der Waals surface area (Å²) in [6.45, 7) is 6.49. The van der Waals surface area contributed by atoms with Gasteiger partial charge in [-0.3, -0.25) is 14.3 Å². The number of hydrogen-bond donors (Lipinski definition) is 2. The minimum absolute atomic E-state index is 0.164. The van der Waals surface area contributed by atoms with E-state index in [0.717, 1.165) is 23.4 Å². The third-order valence-corrected chi connectivity index (χ3v) is 4.72. The van der Waals surface area contributed by atoms with Crippen LogP contribution in [0.4, 0.5) is 0 Å². The average molecular weight is 364 g/mol. The highest BCUT2D eigenvalue weighted by Crippen LogP contribution is 2.10. The zero-order valence-electron chi connectivity index (χ0n) is 15.9. The first-order valence-corrected chi connectivity index (χ1v) is 8.99. The summed E-state index contributed by atoms with van der Waals surface area (Å²) in [7, 11) is 0. The second-order valence-corrected chi connectivity index (χ2v) is 6.73. The van der Waals surface area contributed by atoms with Crippen LogP contribution in [-0.2, 0) is 19.5 Å². The Labute approximate surface area is 158 Å². The molecule has 0 aliphatic heterocycles. The zero-order valence-corrected chi connectivity index (χ0v) is 15.9. The number of carbonyl (C=O) groups is 1. The van der Waals surface area contributed by atoms with Gasteiger partial charge >= 0.3 is 0 Å². The summed E-state index contributed by atoms with van der Waals surface area (Å²) in [6.07, 6.45) is 2.43. The molecule has 0 fully saturated rings. The van der Waals surface area contributed by atoms with Crippen LogP contribution >= 0.6 is 0 Å². The molecule has 0 bridgehead atoms. The third-order valence-electron chi connectivity index (χ3n) is 4.72. The van der Waals surface area contributed by atoms with Gasteiger partial charge in [0.2, 0.25) is 0 Å². The quantitative estimate of drug-likeness (QED) is 0.706. The Morgan fingerprint density at radius 3 is 2.63 bits per heavy atom. The van der Waals surface area contributed by atoms with Gasteiger partial charge < -0.3 is 10.3 Å². The van der Waals surface area contributed by atoms with Crippen LogP contribution in [0.1, 0.15) is 38.4 Å². The second-order valence-electron chi connectivity index (χ2n) is 6.73. The van der Waals surface area contributed by atoms with Crippen LogP contribution in [0.15, 0.2) is 47.4 Å². The molecule has 1 aromatic carbocycles. The summed E-state index contributed by atoms with van der Waals surface area (Å²) >= 11 is 0. The maximum atomic E-state index is 12.5. The Morgan fingerprint density at radius 2 is 1.93 bits per heavy atom. The summed E-state index contributed by atoms with van der Waals surface area (Å²) in [4.78, 5) is 27.4. The second kappa shape index (κ2) is 8.03. The summed E-state index contributed by atoms with van der Waals surface area (Å²) in [5, 5.41) is 7.17. The van der Waals surface area contributed by atoms with Crippen molar-refractivity contribution in [2.75, 3.05) is 0 Å². The van der Waals surface area contributed by atoms with Crippen molar-refractivity contribution in [1.29, 1.82) is 0 Å². The number of hydrogen-bond acceptors (Lipinski definition) is 3. The lowest BCUT2D eigenvalue weighted by Crippen LogP contribution is -2.28. The molecule has 2 heterocycles. The monoisotopic (exact) mass is 364 g/mol. The molecule has 0 spiro atoms. The summed E-state index contributed by atoms with van der Waals surface area (Å²) in [6, 6.07) is 12.1. The molecular weight excluding hydrogens is 340 g/mol. The molecule has 3 rings (SSSR count). The van der Waals surface area contributed by atoms with Gasteiger partial charge in [0.05, 0.1) is 11.8 Å². The fourth-order valence-corrected chi connectivity index (χ4v) is 3.14. The van der Waals surface area contributed by atoms with Crippen LogP contribution in [0, 0.1) is 20.8 Å². The van der Waals surface area contributed by atoms with Crippen LogP contribution in [-0.4, -0.2) is 20.7 Å². The number of aryl methyl sites for hydroxylation is 4. The van der Waals surface area contributed by atoms with E-state index in [1.807, 2.05) is 49.7 Å².